The van der Waals surface area contributed by atoms with Gasteiger partial charge in [0.1, 0.15) is 17.9 Å². The van der Waals surface area contributed by atoms with Gasteiger partial charge in [0.15, 0.2) is 0 Å². The molecule has 0 unspecified atom stereocenters. The molecule has 8 nitrogen and oxygen atoms in total. The van der Waals surface area contributed by atoms with Crippen LogP contribution in [0.4, 0.5) is 0 Å². The fourth-order valence-electron chi connectivity index (χ4n) is 3.74. The average Bonchev–Trinajstić information content (AvgIpc) is 3.46. The Hall–Kier alpha value is -3.98. The summed E-state index contributed by atoms with van der Waals surface area (Å²) in [5.41, 5.74) is 2.43. The maximum atomic E-state index is 13.1. The molecule has 0 atom stereocenters. The van der Waals surface area contributed by atoms with Crippen LogP contribution < -0.4 is 5.63 Å². The van der Waals surface area contributed by atoms with Crippen molar-refractivity contribution < 1.29 is 23.6 Å². The molecular weight excluding hydrogens is 444 g/mol. The lowest BCUT2D eigenvalue weighted by atomic mass is 10.0. The number of rotatable bonds is 5. The summed E-state index contributed by atoms with van der Waals surface area (Å²) in [6.45, 7) is 3.47. The van der Waals surface area contributed by atoms with Gasteiger partial charge in [-0.25, -0.2) is 14.6 Å². The number of nitrogens with zero attached hydrogens (tertiary/aromatic N) is 2. The van der Waals surface area contributed by atoms with Crippen LogP contribution in [0.1, 0.15) is 34.1 Å². The van der Waals surface area contributed by atoms with Crippen LogP contribution in [0, 0.1) is 6.92 Å². The highest BCUT2D eigenvalue weighted by atomic mass is 32.1. The summed E-state index contributed by atoms with van der Waals surface area (Å²) in [6, 6.07) is 9.88. The van der Waals surface area contributed by atoms with E-state index < -0.39 is 11.6 Å². The number of phenolic OH excluding ortho intramolecular Hbond substituents is 1. The number of phenols is 1. The number of aryl methyl sites for hydroxylation is 2. The number of ether oxygens (including phenoxy) is 1. The highest BCUT2D eigenvalue weighted by Crippen LogP contribution is 2.31. The topological polar surface area (TPSA) is 116 Å². The van der Waals surface area contributed by atoms with Gasteiger partial charge in [0.25, 0.3) is 5.71 Å². The molecule has 0 spiro atoms. The molecular formula is C24H18N2O6S. The maximum absolute atomic E-state index is 13.1. The molecule has 0 saturated heterocycles. The first kappa shape index (κ1) is 20.9. The van der Waals surface area contributed by atoms with Gasteiger partial charge in [-0.1, -0.05) is 18.1 Å². The highest BCUT2D eigenvalue weighted by molar-refractivity contribution is 7.13. The monoisotopic (exact) mass is 462 g/mol. The molecule has 0 radical (unpaired) electrons. The molecule has 0 amide bonds. The van der Waals surface area contributed by atoms with Gasteiger partial charge in [-0.15, -0.1) is 11.3 Å². The number of aromatic nitrogens is 2. The second-order valence-corrected chi connectivity index (χ2v) is 8.43. The quantitative estimate of drug-likeness (QED) is 0.287. The molecule has 9 heteroatoms. The molecule has 166 valence electrons. The molecule has 33 heavy (non-hydrogen) atoms. The number of carbonyl (C=O) groups is 1. The van der Waals surface area contributed by atoms with Crippen LogP contribution in [0.15, 0.2) is 55.5 Å². The minimum absolute atomic E-state index is 0.0468. The van der Waals surface area contributed by atoms with Crippen LogP contribution in [-0.4, -0.2) is 21.2 Å². The van der Waals surface area contributed by atoms with Crippen molar-refractivity contribution in [1.29, 1.82) is 0 Å². The van der Waals surface area contributed by atoms with E-state index in [1.54, 1.807) is 19.1 Å². The second-order valence-electron chi connectivity index (χ2n) is 7.48. The Balaban J connectivity index is 1.53. The van der Waals surface area contributed by atoms with E-state index in [1.165, 1.54) is 23.5 Å². The van der Waals surface area contributed by atoms with E-state index in [1.807, 2.05) is 24.4 Å². The standard InChI is InChI=1S/C24H18N2O6S/c1-3-13-7-15-14(8-21(28)31-19(15)10-18(13)27)11-30-24(29)16-9-17(20-5-4-6-33-20)25-23-22(16)12(2)26-32-23/h4-10,27H,3,11H2,1-2H3. The third-order valence-corrected chi connectivity index (χ3v) is 6.27. The van der Waals surface area contributed by atoms with Crippen LogP contribution in [0.2, 0.25) is 0 Å². The first-order chi connectivity index (χ1) is 15.9. The molecule has 5 aromatic rings. The van der Waals surface area contributed by atoms with Crippen molar-refractivity contribution in [3.63, 3.8) is 0 Å². The minimum atomic E-state index is -0.599. The van der Waals surface area contributed by atoms with Crippen LogP contribution in [0.25, 0.3) is 32.6 Å². The summed E-state index contributed by atoms with van der Waals surface area (Å²) < 4.78 is 16.1. The SMILES string of the molecule is CCc1cc2c(COC(=O)c3cc(-c4cccs4)nc4onc(C)c34)cc(=O)oc2cc1O. The van der Waals surface area contributed by atoms with Crippen LogP contribution in [-0.2, 0) is 17.8 Å². The third kappa shape index (κ3) is 3.76. The number of aromatic hydroxyl groups is 1. The molecule has 0 aliphatic rings. The van der Waals surface area contributed by atoms with Gasteiger partial charge in [-0.2, -0.15) is 0 Å². The molecule has 5 rings (SSSR count). The fourth-order valence-corrected chi connectivity index (χ4v) is 4.42. The van der Waals surface area contributed by atoms with Crippen molar-refractivity contribution in [3.05, 3.63) is 74.6 Å². The summed E-state index contributed by atoms with van der Waals surface area (Å²) in [5, 5.41) is 17.0. The highest BCUT2D eigenvalue weighted by Gasteiger charge is 2.21. The number of pyridine rings is 1. The van der Waals surface area contributed by atoms with Crippen molar-refractivity contribution in [1.82, 2.24) is 10.1 Å². The number of esters is 1. The van der Waals surface area contributed by atoms with E-state index in [4.69, 9.17) is 13.7 Å². The molecule has 0 aliphatic carbocycles. The zero-order valence-electron chi connectivity index (χ0n) is 17.7. The third-order valence-electron chi connectivity index (χ3n) is 5.38. The van der Waals surface area contributed by atoms with E-state index in [9.17, 15) is 14.7 Å². The predicted octanol–water partition coefficient (Wildman–Crippen LogP) is 4.99. The molecule has 4 aromatic heterocycles. The number of carbonyl (C=O) groups excluding carboxylic acids is 1. The van der Waals surface area contributed by atoms with Crippen molar-refractivity contribution in [2.45, 2.75) is 26.9 Å². The number of benzene rings is 1. The van der Waals surface area contributed by atoms with Gasteiger partial charge in [0.2, 0.25) is 0 Å². The van der Waals surface area contributed by atoms with Crippen LogP contribution in [0.5, 0.6) is 5.75 Å². The van der Waals surface area contributed by atoms with Crippen molar-refractivity contribution in [2.75, 3.05) is 0 Å². The summed E-state index contributed by atoms with van der Waals surface area (Å²) in [6.07, 6.45) is 0.591. The zero-order valence-corrected chi connectivity index (χ0v) is 18.6. The fraction of sp³-hybridized carbons (Fsp3) is 0.167. The van der Waals surface area contributed by atoms with Crippen molar-refractivity contribution >= 4 is 39.4 Å². The first-order valence-electron chi connectivity index (χ1n) is 10.2. The van der Waals surface area contributed by atoms with Crippen LogP contribution in [0.3, 0.4) is 0 Å². The summed E-state index contributed by atoms with van der Waals surface area (Å²) in [4.78, 5) is 30.5. The molecule has 0 fully saturated rings. The molecule has 1 N–H and O–H groups in total. The van der Waals surface area contributed by atoms with Gasteiger partial charge in [0, 0.05) is 23.1 Å². The number of hydrogen-bond acceptors (Lipinski definition) is 9. The molecule has 1 aromatic carbocycles. The van der Waals surface area contributed by atoms with Gasteiger partial charge in [-0.3, -0.25) is 0 Å². The number of hydrogen-bond donors (Lipinski definition) is 1. The van der Waals surface area contributed by atoms with E-state index in [-0.39, 0.29) is 29.2 Å². The van der Waals surface area contributed by atoms with E-state index >= 15 is 0 Å². The largest absolute Gasteiger partial charge is 0.508 e. The Bertz CT molecular complexity index is 1570. The Labute approximate surface area is 191 Å². The minimum Gasteiger partial charge on any atom is -0.508 e. The van der Waals surface area contributed by atoms with E-state index in [2.05, 4.69) is 10.1 Å². The average molecular weight is 462 g/mol. The first-order valence-corrected chi connectivity index (χ1v) is 11.1. The Morgan fingerprint density at radius 3 is 2.82 bits per heavy atom. The Kier molecular flexibility index (Phi) is 5.18. The lowest BCUT2D eigenvalue weighted by Crippen LogP contribution is -2.09. The Morgan fingerprint density at radius 2 is 2.06 bits per heavy atom. The van der Waals surface area contributed by atoms with Crippen molar-refractivity contribution in [3.8, 4) is 16.3 Å². The summed E-state index contributed by atoms with van der Waals surface area (Å²) >= 11 is 1.49. The van der Waals surface area contributed by atoms with Gasteiger partial charge in [-0.05, 0) is 42.5 Å². The van der Waals surface area contributed by atoms with Gasteiger partial charge >= 0.3 is 11.6 Å². The second kappa shape index (κ2) is 8.18. The molecule has 0 bridgehead atoms. The maximum Gasteiger partial charge on any atom is 0.339 e. The molecule has 0 aliphatic heterocycles. The summed E-state index contributed by atoms with van der Waals surface area (Å²) in [7, 11) is 0. The van der Waals surface area contributed by atoms with Crippen molar-refractivity contribution in [2.24, 2.45) is 0 Å². The Morgan fingerprint density at radius 1 is 1.21 bits per heavy atom. The predicted molar refractivity (Wildman–Crippen MR) is 123 cm³/mol. The lowest BCUT2D eigenvalue weighted by molar-refractivity contribution is 0.0476. The lowest BCUT2D eigenvalue weighted by Gasteiger charge is -2.10. The zero-order chi connectivity index (χ0) is 23.1. The smallest absolute Gasteiger partial charge is 0.339 e. The normalized spacial score (nSPS) is 11.3. The van der Waals surface area contributed by atoms with Crippen LogP contribution >= 0.6 is 11.3 Å². The number of thiophene rings is 1. The van der Waals surface area contributed by atoms with Gasteiger partial charge in [0.05, 0.1) is 27.2 Å². The van der Waals surface area contributed by atoms with Gasteiger partial charge < -0.3 is 18.8 Å². The summed E-state index contributed by atoms with van der Waals surface area (Å²) in [5.74, 6) is -0.548. The van der Waals surface area contributed by atoms with E-state index in [0.29, 0.717) is 39.7 Å². The molecule has 0 saturated carbocycles. The molecule has 4 heterocycles. The van der Waals surface area contributed by atoms with E-state index in [0.717, 1.165) is 4.88 Å². The number of fused-ring (bicyclic) bond motifs is 2.